The molecule has 6 nitrogen and oxygen atoms in total. The van der Waals surface area contributed by atoms with Crippen molar-refractivity contribution in [3.8, 4) is 17.1 Å². The minimum absolute atomic E-state index is 0.0593. The molecule has 0 bridgehead atoms. The third-order valence-electron chi connectivity index (χ3n) is 4.18. The van der Waals surface area contributed by atoms with Crippen molar-refractivity contribution in [2.45, 2.75) is 39.9 Å². The first kappa shape index (κ1) is 16.8. The highest BCUT2D eigenvalue weighted by Crippen LogP contribution is 2.33. The van der Waals surface area contributed by atoms with Crippen LogP contribution in [0.3, 0.4) is 0 Å². The largest absolute Gasteiger partial charge is 0.490 e. The Morgan fingerprint density at radius 3 is 2.96 bits per heavy atom. The van der Waals surface area contributed by atoms with Crippen LogP contribution in [-0.2, 0) is 17.8 Å². The number of esters is 1. The van der Waals surface area contributed by atoms with E-state index in [0.717, 1.165) is 28.3 Å². The molecule has 26 heavy (non-hydrogen) atoms. The van der Waals surface area contributed by atoms with Gasteiger partial charge in [-0.2, -0.15) is 0 Å². The second-order valence-corrected chi connectivity index (χ2v) is 7.56. The lowest BCUT2D eigenvalue weighted by atomic mass is 10.1. The molecule has 1 unspecified atom stereocenters. The first-order valence-electron chi connectivity index (χ1n) is 8.36. The van der Waals surface area contributed by atoms with Crippen LogP contribution in [0.4, 0.5) is 0 Å². The predicted molar refractivity (Wildman–Crippen MR) is 96.4 cm³/mol. The maximum atomic E-state index is 12.2. The van der Waals surface area contributed by atoms with E-state index in [-0.39, 0.29) is 18.7 Å². The van der Waals surface area contributed by atoms with Gasteiger partial charge in [-0.15, -0.1) is 11.3 Å². The molecular formula is C19H18N2O4S. The number of benzene rings is 1. The standard InChI is InChI=1S/C19H18N2O4S/c1-10-6-14-7-13(4-5-16(14)24-10)17-8-15(21-25-17)9-23-19(22)18-11(2)20-12(3)26-18/h4-5,7-8,10H,6,9H2,1-3H3. The van der Waals surface area contributed by atoms with Gasteiger partial charge in [0.25, 0.3) is 0 Å². The topological polar surface area (TPSA) is 74.5 Å². The second kappa shape index (κ2) is 6.57. The molecule has 1 atom stereocenters. The summed E-state index contributed by atoms with van der Waals surface area (Å²) >= 11 is 1.33. The zero-order valence-corrected chi connectivity index (χ0v) is 15.6. The van der Waals surface area contributed by atoms with Gasteiger partial charge in [0.15, 0.2) is 5.76 Å². The Balaban J connectivity index is 1.45. The van der Waals surface area contributed by atoms with E-state index in [2.05, 4.69) is 16.2 Å². The predicted octanol–water partition coefficient (Wildman–Crippen LogP) is 4.10. The quantitative estimate of drug-likeness (QED) is 0.644. The Labute approximate surface area is 154 Å². The monoisotopic (exact) mass is 370 g/mol. The first-order valence-corrected chi connectivity index (χ1v) is 9.18. The molecule has 0 saturated heterocycles. The number of nitrogens with zero attached hydrogens (tertiary/aromatic N) is 2. The van der Waals surface area contributed by atoms with Gasteiger partial charge in [0.2, 0.25) is 0 Å². The third-order valence-corrected chi connectivity index (χ3v) is 5.23. The molecule has 4 rings (SSSR count). The Hall–Kier alpha value is -2.67. The fraction of sp³-hybridized carbons (Fsp3) is 0.316. The first-order chi connectivity index (χ1) is 12.5. The molecule has 134 valence electrons. The van der Waals surface area contributed by atoms with E-state index in [1.165, 1.54) is 11.3 Å². The lowest BCUT2D eigenvalue weighted by molar-refractivity contribution is 0.0469. The van der Waals surface area contributed by atoms with Crippen LogP contribution in [0, 0.1) is 13.8 Å². The average Bonchev–Trinajstić information content (AvgIpc) is 3.29. The van der Waals surface area contributed by atoms with E-state index in [0.29, 0.717) is 22.0 Å². The van der Waals surface area contributed by atoms with Gasteiger partial charge in [0.05, 0.1) is 10.7 Å². The summed E-state index contributed by atoms with van der Waals surface area (Å²) in [5.41, 5.74) is 3.35. The Morgan fingerprint density at radius 2 is 2.19 bits per heavy atom. The lowest BCUT2D eigenvalue weighted by Crippen LogP contribution is -2.05. The maximum absolute atomic E-state index is 12.2. The van der Waals surface area contributed by atoms with E-state index in [4.69, 9.17) is 14.0 Å². The van der Waals surface area contributed by atoms with Crippen molar-refractivity contribution in [1.29, 1.82) is 0 Å². The van der Waals surface area contributed by atoms with Gasteiger partial charge in [-0.25, -0.2) is 9.78 Å². The maximum Gasteiger partial charge on any atom is 0.350 e. The number of carbonyl (C=O) groups excluding carboxylic acids is 1. The molecular weight excluding hydrogens is 352 g/mol. The molecule has 1 aliphatic heterocycles. The summed E-state index contributed by atoms with van der Waals surface area (Å²) in [4.78, 5) is 16.9. The highest BCUT2D eigenvalue weighted by atomic mass is 32.1. The summed E-state index contributed by atoms with van der Waals surface area (Å²) in [5.74, 6) is 1.18. The Kier molecular flexibility index (Phi) is 4.24. The van der Waals surface area contributed by atoms with Crippen LogP contribution in [-0.4, -0.2) is 22.2 Å². The van der Waals surface area contributed by atoms with E-state index < -0.39 is 0 Å². The van der Waals surface area contributed by atoms with E-state index in [9.17, 15) is 4.79 Å². The second-order valence-electron chi connectivity index (χ2n) is 6.36. The molecule has 1 aliphatic rings. The normalized spacial score (nSPS) is 15.6. The van der Waals surface area contributed by atoms with Crippen molar-refractivity contribution in [3.63, 3.8) is 0 Å². The number of hydrogen-bond donors (Lipinski definition) is 0. The van der Waals surface area contributed by atoms with Crippen LogP contribution >= 0.6 is 11.3 Å². The minimum Gasteiger partial charge on any atom is -0.490 e. The molecule has 0 aliphatic carbocycles. The van der Waals surface area contributed by atoms with Gasteiger partial charge in [-0.1, -0.05) is 5.16 Å². The van der Waals surface area contributed by atoms with Crippen LogP contribution in [0.5, 0.6) is 5.75 Å². The highest BCUT2D eigenvalue weighted by Gasteiger charge is 2.20. The molecule has 2 aromatic heterocycles. The number of ether oxygens (including phenoxy) is 2. The number of rotatable bonds is 4. The number of carbonyl (C=O) groups is 1. The third kappa shape index (κ3) is 3.22. The molecule has 0 radical (unpaired) electrons. The average molecular weight is 370 g/mol. The fourth-order valence-electron chi connectivity index (χ4n) is 3.02. The molecule has 7 heteroatoms. The zero-order chi connectivity index (χ0) is 18.3. The molecule has 0 spiro atoms. The van der Waals surface area contributed by atoms with Gasteiger partial charge >= 0.3 is 5.97 Å². The Bertz CT molecular complexity index is 976. The van der Waals surface area contributed by atoms with E-state index in [1.54, 1.807) is 13.0 Å². The van der Waals surface area contributed by atoms with Crippen molar-refractivity contribution in [2.75, 3.05) is 0 Å². The summed E-state index contributed by atoms with van der Waals surface area (Å²) < 4.78 is 16.5. The zero-order valence-electron chi connectivity index (χ0n) is 14.7. The summed E-state index contributed by atoms with van der Waals surface area (Å²) in [7, 11) is 0. The van der Waals surface area contributed by atoms with E-state index >= 15 is 0 Å². The molecule has 1 aromatic carbocycles. The van der Waals surface area contributed by atoms with Crippen molar-refractivity contribution < 1.29 is 18.8 Å². The molecule has 0 N–H and O–H groups in total. The number of thiazole rings is 1. The van der Waals surface area contributed by atoms with Gasteiger partial charge in [-0.05, 0) is 44.5 Å². The smallest absolute Gasteiger partial charge is 0.350 e. The number of hydrogen-bond acceptors (Lipinski definition) is 7. The number of aromatic nitrogens is 2. The Morgan fingerprint density at radius 1 is 1.35 bits per heavy atom. The van der Waals surface area contributed by atoms with Crippen LogP contribution in [0.15, 0.2) is 28.8 Å². The summed E-state index contributed by atoms with van der Waals surface area (Å²) in [6.45, 7) is 5.77. The summed E-state index contributed by atoms with van der Waals surface area (Å²) in [5, 5.41) is 4.84. The molecule has 3 aromatic rings. The van der Waals surface area contributed by atoms with Crippen molar-refractivity contribution in [2.24, 2.45) is 0 Å². The SMILES string of the molecule is Cc1nc(C)c(C(=O)OCc2cc(-c3ccc4c(c3)CC(C)O4)on2)s1. The molecule has 0 saturated carbocycles. The van der Waals surface area contributed by atoms with Gasteiger partial charge < -0.3 is 14.0 Å². The molecule has 3 heterocycles. The summed E-state index contributed by atoms with van der Waals surface area (Å²) in [6, 6.07) is 7.74. The van der Waals surface area contributed by atoms with Crippen molar-refractivity contribution in [3.05, 3.63) is 51.1 Å². The van der Waals surface area contributed by atoms with Gasteiger partial charge in [-0.3, -0.25) is 0 Å². The van der Waals surface area contributed by atoms with Gasteiger partial charge in [0, 0.05) is 18.1 Å². The minimum atomic E-state index is -0.388. The van der Waals surface area contributed by atoms with Crippen LogP contribution in [0.1, 0.15) is 38.6 Å². The molecule has 0 fully saturated rings. The van der Waals surface area contributed by atoms with Crippen LogP contribution < -0.4 is 4.74 Å². The van der Waals surface area contributed by atoms with Crippen LogP contribution in [0.2, 0.25) is 0 Å². The lowest BCUT2D eigenvalue weighted by Gasteiger charge is -2.02. The number of fused-ring (bicyclic) bond motifs is 1. The summed E-state index contributed by atoms with van der Waals surface area (Å²) in [6.07, 6.45) is 1.08. The highest BCUT2D eigenvalue weighted by molar-refractivity contribution is 7.13. The van der Waals surface area contributed by atoms with Crippen LogP contribution in [0.25, 0.3) is 11.3 Å². The fourth-order valence-corrected chi connectivity index (χ4v) is 3.83. The van der Waals surface area contributed by atoms with Crippen molar-refractivity contribution >= 4 is 17.3 Å². The van der Waals surface area contributed by atoms with Crippen molar-refractivity contribution in [1.82, 2.24) is 10.1 Å². The van der Waals surface area contributed by atoms with Gasteiger partial charge in [0.1, 0.15) is 29.0 Å². The molecule has 0 amide bonds. The number of aryl methyl sites for hydroxylation is 2. The van der Waals surface area contributed by atoms with E-state index in [1.807, 2.05) is 26.0 Å².